The van der Waals surface area contributed by atoms with E-state index in [0.29, 0.717) is 18.5 Å². The van der Waals surface area contributed by atoms with Crippen LogP contribution in [0.1, 0.15) is 40.0 Å². The van der Waals surface area contributed by atoms with Gasteiger partial charge in [0, 0.05) is 28.7 Å². The van der Waals surface area contributed by atoms with Gasteiger partial charge in [-0.25, -0.2) is 0 Å². The lowest BCUT2D eigenvalue weighted by atomic mass is 9.95. The van der Waals surface area contributed by atoms with Gasteiger partial charge in [0.15, 0.2) is 11.5 Å². The third-order valence-corrected chi connectivity index (χ3v) is 5.50. The summed E-state index contributed by atoms with van der Waals surface area (Å²) in [6.07, 6.45) is 5.04. The maximum absolute atomic E-state index is 12.6. The molecule has 0 aliphatic heterocycles. The summed E-state index contributed by atoms with van der Waals surface area (Å²) in [5, 5.41) is 4.06. The number of carbonyl (C=O) groups is 1. The predicted molar refractivity (Wildman–Crippen MR) is 111 cm³/mol. The summed E-state index contributed by atoms with van der Waals surface area (Å²) in [7, 11) is 1.40. The van der Waals surface area contributed by atoms with Crippen molar-refractivity contribution in [1.82, 2.24) is 10.3 Å². The van der Waals surface area contributed by atoms with E-state index in [1.165, 1.54) is 37.3 Å². The van der Waals surface area contributed by atoms with E-state index in [9.17, 15) is 13.6 Å². The van der Waals surface area contributed by atoms with Crippen LogP contribution in [0.25, 0.3) is 10.9 Å². The molecule has 1 amide bonds. The first-order valence-electron chi connectivity index (χ1n) is 10.1. The average Bonchev–Trinajstić information content (AvgIpc) is 3.12. The number of hydrogen-bond donors (Lipinski definition) is 2. The molecule has 30 heavy (non-hydrogen) atoms. The summed E-state index contributed by atoms with van der Waals surface area (Å²) in [6, 6.07) is 10.5. The summed E-state index contributed by atoms with van der Waals surface area (Å²) >= 11 is 0. The fourth-order valence-corrected chi connectivity index (χ4v) is 4.03. The van der Waals surface area contributed by atoms with E-state index in [4.69, 9.17) is 4.74 Å². The smallest absolute Gasteiger partial charge is 0.387 e. The van der Waals surface area contributed by atoms with Gasteiger partial charge in [0.25, 0.3) is 5.91 Å². The lowest BCUT2D eigenvalue weighted by Gasteiger charge is -2.12. The van der Waals surface area contributed by atoms with Crippen LogP contribution in [-0.4, -0.2) is 31.2 Å². The van der Waals surface area contributed by atoms with Gasteiger partial charge in [0.05, 0.1) is 7.11 Å². The standard InChI is InChI=1S/C23H24F2N2O3/c1-29-21-12-14(6-9-20(21)30-23(24)25)10-11-26-22(28)15-7-8-19-17(13-15)16-4-2-3-5-18(16)27-19/h6-9,12-13,23,27H,2-5,10-11H2,1H3,(H,26,28). The van der Waals surface area contributed by atoms with Crippen LogP contribution in [0.4, 0.5) is 8.78 Å². The van der Waals surface area contributed by atoms with Gasteiger partial charge < -0.3 is 19.8 Å². The van der Waals surface area contributed by atoms with Gasteiger partial charge >= 0.3 is 6.61 Å². The molecular formula is C23H24F2N2O3. The van der Waals surface area contributed by atoms with E-state index in [-0.39, 0.29) is 17.4 Å². The number of H-pyrrole nitrogens is 1. The van der Waals surface area contributed by atoms with Crippen LogP contribution < -0.4 is 14.8 Å². The highest BCUT2D eigenvalue weighted by molar-refractivity contribution is 5.99. The molecule has 1 aliphatic rings. The molecule has 0 bridgehead atoms. The van der Waals surface area contributed by atoms with Crippen molar-refractivity contribution in [3.63, 3.8) is 0 Å². The average molecular weight is 414 g/mol. The molecule has 0 saturated heterocycles. The van der Waals surface area contributed by atoms with Crippen LogP contribution in [0.3, 0.4) is 0 Å². The molecule has 0 saturated carbocycles. The van der Waals surface area contributed by atoms with Gasteiger partial charge in [0.1, 0.15) is 0 Å². The zero-order valence-electron chi connectivity index (χ0n) is 16.8. The second-order valence-corrected chi connectivity index (χ2v) is 7.42. The van der Waals surface area contributed by atoms with Gasteiger partial charge in [0.2, 0.25) is 0 Å². The van der Waals surface area contributed by atoms with Crippen LogP contribution in [0.5, 0.6) is 11.5 Å². The van der Waals surface area contributed by atoms with Gasteiger partial charge in [-0.3, -0.25) is 4.79 Å². The summed E-state index contributed by atoms with van der Waals surface area (Å²) in [6.45, 7) is -2.49. The van der Waals surface area contributed by atoms with Crippen molar-refractivity contribution < 1.29 is 23.0 Å². The molecule has 0 fully saturated rings. The number of ether oxygens (including phenoxy) is 2. The van der Waals surface area contributed by atoms with Crippen LogP contribution >= 0.6 is 0 Å². The number of benzene rings is 2. The molecule has 1 aromatic heterocycles. The van der Waals surface area contributed by atoms with Crippen molar-refractivity contribution in [1.29, 1.82) is 0 Å². The molecule has 5 nitrogen and oxygen atoms in total. The van der Waals surface area contributed by atoms with Gasteiger partial charge in [-0.2, -0.15) is 8.78 Å². The molecule has 0 unspecified atom stereocenters. The number of amides is 1. The fourth-order valence-electron chi connectivity index (χ4n) is 4.03. The molecule has 0 atom stereocenters. The number of carbonyl (C=O) groups excluding carboxylic acids is 1. The third-order valence-electron chi connectivity index (χ3n) is 5.50. The first-order valence-corrected chi connectivity index (χ1v) is 10.1. The van der Waals surface area contributed by atoms with Gasteiger partial charge in [-0.05, 0) is 73.6 Å². The van der Waals surface area contributed by atoms with E-state index in [0.717, 1.165) is 29.3 Å². The van der Waals surface area contributed by atoms with E-state index in [1.54, 1.807) is 12.1 Å². The Balaban J connectivity index is 1.40. The van der Waals surface area contributed by atoms with E-state index >= 15 is 0 Å². The number of aryl methyl sites for hydroxylation is 2. The number of rotatable bonds is 7. The zero-order valence-corrected chi connectivity index (χ0v) is 16.8. The maximum atomic E-state index is 12.6. The number of nitrogens with one attached hydrogen (secondary N) is 2. The molecule has 7 heteroatoms. The second kappa shape index (κ2) is 8.73. The molecule has 1 aliphatic carbocycles. The first kappa shape index (κ1) is 20.2. The Kier molecular flexibility index (Phi) is 5.88. The summed E-state index contributed by atoms with van der Waals surface area (Å²) in [4.78, 5) is 16.1. The van der Waals surface area contributed by atoms with Crippen LogP contribution in [0.15, 0.2) is 36.4 Å². The number of fused-ring (bicyclic) bond motifs is 3. The highest BCUT2D eigenvalue weighted by Gasteiger charge is 2.17. The topological polar surface area (TPSA) is 63.3 Å². The molecule has 0 spiro atoms. The third kappa shape index (κ3) is 4.25. The van der Waals surface area contributed by atoms with Crippen LogP contribution in [0, 0.1) is 0 Å². The Morgan fingerprint density at radius 1 is 1.13 bits per heavy atom. The van der Waals surface area contributed by atoms with E-state index < -0.39 is 6.61 Å². The van der Waals surface area contributed by atoms with E-state index in [2.05, 4.69) is 15.0 Å². The number of aromatic amines is 1. The van der Waals surface area contributed by atoms with Gasteiger partial charge in [-0.1, -0.05) is 6.07 Å². The predicted octanol–water partition coefficient (Wildman–Crippen LogP) is 4.63. The number of aromatic nitrogens is 1. The second-order valence-electron chi connectivity index (χ2n) is 7.42. The monoisotopic (exact) mass is 414 g/mol. The molecule has 3 aromatic rings. The minimum Gasteiger partial charge on any atom is -0.493 e. The van der Waals surface area contributed by atoms with Crippen molar-refractivity contribution in [2.24, 2.45) is 0 Å². The fraction of sp³-hybridized carbons (Fsp3) is 0.348. The Morgan fingerprint density at radius 3 is 2.77 bits per heavy atom. The molecule has 0 radical (unpaired) electrons. The molecule has 2 N–H and O–H groups in total. The Hall–Kier alpha value is -3.09. The Bertz CT molecular complexity index is 1060. The van der Waals surface area contributed by atoms with Crippen molar-refractivity contribution in [3.05, 3.63) is 58.8 Å². The number of hydrogen-bond acceptors (Lipinski definition) is 3. The first-order chi connectivity index (χ1) is 14.5. The summed E-state index contributed by atoms with van der Waals surface area (Å²) in [5.74, 6) is 0.0949. The lowest BCUT2D eigenvalue weighted by molar-refractivity contribution is -0.0512. The Morgan fingerprint density at radius 2 is 1.97 bits per heavy atom. The molecule has 2 aromatic carbocycles. The molecule has 158 valence electrons. The highest BCUT2D eigenvalue weighted by Crippen LogP contribution is 2.30. The van der Waals surface area contributed by atoms with Gasteiger partial charge in [-0.15, -0.1) is 0 Å². The number of halogens is 2. The summed E-state index contributed by atoms with van der Waals surface area (Å²) < 4.78 is 34.4. The van der Waals surface area contributed by atoms with Crippen LogP contribution in [0.2, 0.25) is 0 Å². The SMILES string of the molecule is COc1cc(CCNC(=O)c2ccc3[nH]c4c(c3c2)CCCC4)ccc1OC(F)F. The van der Waals surface area contributed by atoms with Crippen molar-refractivity contribution in [3.8, 4) is 11.5 Å². The van der Waals surface area contributed by atoms with Crippen molar-refractivity contribution >= 4 is 16.8 Å². The van der Waals surface area contributed by atoms with E-state index in [1.807, 2.05) is 18.2 Å². The maximum Gasteiger partial charge on any atom is 0.387 e. The molecule has 1 heterocycles. The minimum absolute atomic E-state index is 0.0107. The van der Waals surface area contributed by atoms with Crippen molar-refractivity contribution in [2.45, 2.75) is 38.7 Å². The Labute approximate surface area is 173 Å². The minimum atomic E-state index is -2.91. The van der Waals surface area contributed by atoms with Crippen LogP contribution in [-0.2, 0) is 19.3 Å². The number of alkyl halides is 2. The number of methoxy groups -OCH3 is 1. The van der Waals surface area contributed by atoms with Crippen molar-refractivity contribution in [2.75, 3.05) is 13.7 Å². The quantitative estimate of drug-likeness (QED) is 0.593. The molecular weight excluding hydrogens is 390 g/mol. The normalized spacial score (nSPS) is 13.3. The zero-order chi connectivity index (χ0) is 21.1. The summed E-state index contributed by atoms with van der Waals surface area (Å²) in [5.41, 5.74) is 5.19. The largest absolute Gasteiger partial charge is 0.493 e. The molecule has 4 rings (SSSR count). The lowest BCUT2D eigenvalue weighted by Crippen LogP contribution is -2.25. The highest BCUT2D eigenvalue weighted by atomic mass is 19.3.